The molecule has 0 spiro atoms. The topological polar surface area (TPSA) is 77.8 Å². The van der Waals surface area contributed by atoms with Gasteiger partial charge < -0.3 is 15.3 Å². The van der Waals surface area contributed by atoms with Crippen molar-refractivity contribution in [1.82, 2.24) is 0 Å². The molecule has 6 unspecified atom stereocenters. The summed E-state index contributed by atoms with van der Waals surface area (Å²) in [6.07, 6.45) is 8.23. The number of hydrogen-bond donors (Lipinski definition) is 3. The average Bonchev–Trinajstić information content (AvgIpc) is 2.53. The third kappa shape index (κ3) is 7.56. The van der Waals surface area contributed by atoms with E-state index in [9.17, 15) is 20.1 Å². The Hall–Kier alpha value is -0.610. The summed E-state index contributed by atoms with van der Waals surface area (Å²) < 4.78 is 0. The van der Waals surface area contributed by atoms with Crippen molar-refractivity contribution in [3.63, 3.8) is 0 Å². The minimum Gasteiger partial charge on any atom is -0.481 e. The zero-order valence-electron chi connectivity index (χ0n) is 17.4. The van der Waals surface area contributed by atoms with Gasteiger partial charge in [-0.2, -0.15) is 0 Å². The van der Waals surface area contributed by atoms with Crippen LogP contribution in [0.2, 0.25) is 0 Å². The predicted molar refractivity (Wildman–Crippen MR) is 106 cm³/mol. The van der Waals surface area contributed by atoms with Crippen LogP contribution in [0.1, 0.15) is 91.9 Å². The van der Waals surface area contributed by atoms with Crippen molar-refractivity contribution in [2.24, 2.45) is 29.6 Å². The van der Waals surface area contributed by atoms with Crippen LogP contribution < -0.4 is 0 Å². The Morgan fingerprint density at radius 2 is 1.69 bits per heavy atom. The number of aliphatic carboxylic acids is 1. The standard InChI is InChI=1S/C22H42O4/c1-5-6-7-11-17-14-19(23)18(21(24)20(17)22(25)26)13-12-16(4)10-8-9-15(2)3/h15-21,23-24H,5-14H2,1-4H3,(H,25,26). The molecule has 0 aromatic carbocycles. The van der Waals surface area contributed by atoms with Crippen LogP contribution in [-0.2, 0) is 4.79 Å². The molecule has 0 bridgehead atoms. The van der Waals surface area contributed by atoms with Gasteiger partial charge in [-0.25, -0.2) is 0 Å². The molecule has 0 radical (unpaired) electrons. The molecule has 1 fully saturated rings. The number of carboxylic acids is 1. The Balaban J connectivity index is 2.57. The second kappa shape index (κ2) is 12.0. The smallest absolute Gasteiger partial charge is 0.309 e. The molecule has 0 aromatic rings. The molecule has 1 aliphatic rings. The largest absolute Gasteiger partial charge is 0.481 e. The lowest BCUT2D eigenvalue weighted by Crippen LogP contribution is -2.49. The van der Waals surface area contributed by atoms with E-state index in [0.29, 0.717) is 12.3 Å². The molecule has 0 heterocycles. The molecule has 1 aliphatic carbocycles. The fourth-order valence-electron chi connectivity index (χ4n) is 4.57. The summed E-state index contributed by atoms with van der Waals surface area (Å²) in [6.45, 7) is 8.83. The molecule has 0 amide bonds. The molecule has 4 nitrogen and oxygen atoms in total. The first-order valence-corrected chi connectivity index (χ1v) is 10.9. The molecular formula is C22H42O4. The van der Waals surface area contributed by atoms with E-state index in [4.69, 9.17) is 0 Å². The van der Waals surface area contributed by atoms with Crippen molar-refractivity contribution in [1.29, 1.82) is 0 Å². The van der Waals surface area contributed by atoms with E-state index >= 15 is 0 Å². The maximum absolute atomic E-state index is 11.8. The Bertz CT molecular complexity index is 396. The second-order valence-corrected chi connectivity index (χ2v) is 9.08. The fraction of sp³-hybridized carbons (Fsp3) is 0.955. The highest BCUT2D eigenvalue weighted by Gasteiger charge is 2.46. The molecule has 4 heteroatoms. The Morgan fingerprint density at radius 1 is 1.00 bits per heavy atom. The first-order valence-electron chi connectivity index (χ1n) is 10.9. The van der Waals surface area contributed by atoms with Gasteiger partial charge in [0.25, 0.3) is 0 Å². The van der Waals surface area contributed by atoms with Crippen LogP contribution in [0, 0.1) is 29.6 Å². The highest BCUT2D eigenvalue weighted by atomic mass is 16.4. The Kier molecular flexibility index (Phi) is 10.8. The van der Waals surface area contributed by atoms with Crippen molar-refractivity contribution in [2.75, 3.05) is 0 Å². The number of aliphatic hydroxyl groups excluding tert-OH is 2. The number of rotatable bonds is 12. The predicted octanol–water partition coefficient (Wildman–Crippen LogP) is 4.87. The third-order valence-electron chi connectivity index (χ3n) is 6.29. The van der Waals surface area contributed by atoms with Gasteiger partial charge in [0.05, 0.1) is 18.1 Å². The highest BCUT2D eigenvalue weighted by Crippen LogP contribution is 2.40. The van der Waals surface area contributed by atoms with Crippen molar-refractivity contribution in [3.8, 4) is 0 Å². The van der Waals surface area contributed by atoms with Crippen LogP contribution in [0.25, 0.3) is 0 Å². The van der Waals surface area contributed by atoms with E-state index in [0.717, 1.165) is 44.4 Å². The highest BCUT2D eigenvalue weighted by molar-refractivity contribution is 5.71. The number of unbranched alkanes of at least 4 members (excludes halogenated alkanes) is 2. The first kappa shape index (κ1) is 23.4. The van der Waals surface area contributed by atoms with Crippen LogP contribution in [0.15, 0.2) is 0 Å². The van der Waals surface area contributed by atoms with Gasteiger partial charge in [0.1, 0.15) is 0 Å². The summed E-state index contributed by atoms with van der Waals surface area (Å²) in [4.78, 5) is 11.8. The van der Waals surface area contributed by atoms with Gasteiger partial charge >= 0.3 is 5.97 Å². The van der Waals surface area contributed by atoms with Gasteiger partial charge in [0.15, 0.2) is 0 Å². The van der Waals surface area contributed by atoms with E-state index in [1.165, 1.54) is 19.3 Å². The average molecular weight is 371 g/mol. The monoisotopic (exact) mass is 370 g/mol. The molecule has 26 heavy (non-hydrogen) atoms. The molecule has 3 N–H and O–H groups in total. The zero-order chi connectivity index (χ0) is 19.7. The molecule has 6 atom stereocenters. The van der Waals surface area contributed by atoms with Crippen molar-refractivity contribution in [3.05, 3.63) is 0 Å². The van der Waals surface area contributed by atoms with Crippen molar-refractivity contribution < 1.29 is 20.1 Å². The summed E-state index contributed by atoms with van der Waals surface area (Å²) >= 11 is 0. The summed E-state index contributed by atoms with van der Waals surface area (Å²) in [6, 6.07) is 0. The quantitative estimate of drug-likeness (QED) is 0.428. The maximum Gasteiger partial charge on any atom is 0.309 e. The normalized spacial score (nSPS) is 30.5. The summed E-state index contributed by atoms with van der Waals surface area (Å²) in [5.41, 5.74) is 0. The van der Waals surface area contributed by atoms with Gasteiger partial charge in [-0.15, -0.1) is 0 Å². The Labute approximate surface area is 160 Å². The minimum atomic E-state index is -0.925. The number of carbonyl (C=O) groups is 1. The van der Waals surface area contributed by atoms with Crippen LogP contribution in [0.4, 0.5) is 0 Å². The first-order chi connectivity index (χ1) is 12.3. The van der Waals surface area contributed by atoms with E-state index in [-0.39, 0.29) is 11.8 Å². The van der Waals surface area contributed by atoms with Crippen molar-refractivity contribution in [2.45, 2.75) is 104 Å². The van der Waals surface area contributed by atoms with Crippen LogP contribution in [-0.4, -0.2) is 33.5 Å². The lowest BCUT2D eigenvalue weighted by atomic mass is 9.67. The maximum atomic E-state index is 11.8. The van der Waals surface area contributed by atoms with Crippen molar-refractivity contribution >= 4 is 5.97 Å². The van der Waals surface area contributed by atoms with E-state index < -0.39 is 24.1 Å². The molecule has 154 valence electrons. The van der Waals surface area contributed by atoms with Gasteiger partial charge in [0.2, 0.25) is 0 Å². The number of carboxylic acid groups (broad SMARTS) is 1. The minimum absolute atomic E-state index is 0.108. The van der Waals surface area contributed by atoms with Crippen LogP contribution in [0.5, 0.6) is 0 Å². The number of aliphatic hydroxyl groups is 2. The van der Waals surface area contributed by atoms with E-state index in [2.05, 4.69) is 27.7 Å². The Morgan fingerprint density at radius 3 is 2.27 bits per heavy atom. The second-order valence-electron chi connectivity index (χ2n) is 9.08. The molecular weight excluding hydrogens is 328 g/mol. The molecule has 0 aromatic heterocycles. The van der Waals surface area contributed by atoms with Gasteiger partial charge in [-0.3, -0.25) is 4.79 Å². The van der Waals surface area contributed by atoms with Crippen LogP contribution in [0.3, 0.4) is 0 Å². The van der Waals surface area contributed by atoms with E-state index in [1.807, 2.05) is 0 Å². The zero-order valence-corrected chi connectivity index (χ0v) is 17.4. The fourth-order valence-corrected chi connectivity index (χ4v) is 4.57. The number of hydrogen-bond acceptors (Lipinski definition) is 3. The van der Waals surface area contributed by atoms with E-state index in [1.54, 1.807) is 0 Å². The summed E-state index contributed by atoms with van der Waals surface area (Å²) in [5.74, 6) is -0.754. The van der Waals surface area contributed by atoms with Gasteiger partial charge in [-0.05, 0) is 37.0 Å². The van der Waals surface area contributed by atoms with Crippen LogP contribution >= 0.6 is 0 Å². The van der Waals surface area contributed by atoms with Gasteiger partial charge in [-0.1, -0.05) is 72.6 Å². The lowest BCUT2D eigenvalue weighted by molar-refractivity contribution is -0.160. The summed E-state index contributed by atoms with van der Waals surface area (Å²) in [7, 11) is 0. The SMILES string of the molecule is CCCCCC1CC(O)C(CCC(C)CCCC(C)C)C(O)C1C(=O)O. The molecule has 1 saturated carbocycles. The molecule has 0 saturated heterocycles. The molecule has 1 rings (SSSR count). The summed E-state index contributed by atoms with van der Waals surface area (Å²) in [5, 5.41) is 30.9. The van der Waals surface area contributed by atoms with Gasteiger partial charge in [0, 0.05) is 5.92 Å². The molecule has 0 aliphatic heterocycles. The third-order valence-corrected chi connectivity index (χ3v) is 6.29. The lowest BCUT2D eigenvalue weighted by Gasteiger charge is -2.42.